The van der Waals surface area contributed by atoms with Crippen LogP contribution in [-0.4, -0.2) is 39.4 Å². The fourth-order valence-corrected chi connectivity index (χ4v) is 3.44. The van der Waals surface area contributed by atoms with Crippen molar-refractivity contribution in [3.05, 3.63) is 0 Å². The third-order valence-corrected chi connectivity index (χ3v) is 4.50. The Bertz CT molecular complexity index is 380. The largest absolute Gasteiger partial charge is 0.444 e. The smallest absolute Gasteiger partial charge is 0.410 e. The van der Waals surface area contributed by atoms with Gasteiger partial charge in [0.05, 0.1) is 11.6 Å². The van der Waals surface area contributed by atoms with E-state index < -0.39 is 11.2 Å². The van der Waals surface area contributed by atoms with Crippen LogP contribution in [0.15, 0.2) is 0 Å². The summed E-state index contributed by atoms with van der Waals surface area (Å²) in [5, 5.41) is 11.0. The average molecular weight is 269 g/mol. The van der Waals surface area contributed by atoms with Crippen molar-refractivity contribution in [1.29, 1.82) is 0 Å². The first-order valence-electron chi connectivity index (χ1n) is 7.19. The molecule has 1 N–H and O–H groups in total. The van der Waals surface area contributed by atoms with Crippen molar-refractivity contribution in [2.45, 2.75) is 84.1 Å². The van der Waals surface area contributed by atoms with Crippen LogP contribution >= 0.6 is 0 Å². The van der Waals surface area contributed by atoms with Gasteiger partial charge in [-0.1, -0.05) is 20.8 Å². The minimum absolute atomic E-state index is 0.104. The number of hydrogen-bond donors (Lipinski definition) is 1. The van der Waals surface area contributed by atoms with Gasteiger partial charge in [0, 0.05) is 6.04 Å². The van der Waals surface area contributed by atoms with Gasteiger partial charge in [-0.2, -0.15) is 0 Å². The van der Waals surface area contributed by atoms with Gasteiger partial charge in [-0.05, 0) is 45.4 Å². The van der Waals surface area contributed by atoms with Gasteiger partial charge in [-0.15, -0.1) is 0 Å². The topological polar surface area (TPSA) is 49.8 Å². The molecule has 0 radical (unpaired) electrons. The van der Waals surface area contributed by atoms with Crippen LogP contribution in [0.4, 0.5) is 4.79 Å². The van der Waals surface area contributed by atoms with Crippen molar-refractivity contribution < 1.29 is 14.6 Å². The number of hydrogen-bond acceptors (Lipinski definition) is 3. The third-order valence-electron chi connectivity index (χ3n) is 4.50. The second kappa shape index (κ2) is 4.11. The van der Waals surface area contributed by atoms with E-state index in [1.807, 2.05) is 41.5 Å². The fraction of sp³-hybridized carbons (Fsp3) is 0.933. The molecule has 2 heterocycles. The molecular weight excluding hydrogens is 242 g/mol. The van der Waals surface area contributed by atoms with Crippen LogP contribution in [0, 0.1) is 5.41 Å². The summed E-state index contributed by atoms with van der Waals surface area (Å²) in [6, 6.07) is 0.0245. The maximum absolute atomic E-state index is 12.3. The highest BCUT2D eigenvalue weighted by atomic mass is 16.6. The molecule has 19 heavy (non-hydrogen) atoms. The molecule has 1 amide bonds. The summed E-state index contributed by atoms with van der Waals surface area (Å²) in [5.41, 5.74) is -1.51. The highest BCUT2D eigenvalue weighted by Gasteiger charge is 2.62. The van der Waals surface area contributed by atoms with Gasteiger partial charge in [0.2, 0.25) is 0 Å². The number of carbonyl (C=O) groups is 1. The Kier molecular flexibility index (Phi) is 3.17. The van der Waals surface area contributed by atoms with Gasteiger partial charge in [-0.25, -0.2) is 4.79 Å². The van der Waals surface area contributed by atoms with Crippen LogP contribution in [0.3, 0.4) is 0 Å². The number of carbonyl (C=O) groups excluding carboxylic acids is 1. The summed E-state index contributed by atoms with van der Waals surface area (Å²) in [4.78, 5) is 14.1. The lowest BCUT2D eigenvalue weighted by Crippen LogP contribution is -2.53. The average Bonchev–Trinajstić information content (AvgIpc) is 2.68. The van der Waals surface area contributed by atoms with Crippen molar-refractivity contribution in [3.8, 4) is 0 Å². The molecule has 2 aliphatic rings. The van der Waals surface area contributed by atoms with E-state index in [2.05, 4.69) is 0 Å². The predicted octanol–water partition coefficient (Wildman–Crippen LogP) is 2.94. The minimum atomic E-state index is -0.799. The Morgan fingerprint density at radius 2 is 1.79 bits per heavy atom. The molecule has 3 unspecified atom stereocenters. The Morgan fingerprint density at radius 1 is 1.21 bits per heavy atom. The quantitative estimate of drug-likeness (QED) is 0.735. The van der Waals surface area contributed by atoms with E-state index in [9.17, 15) is 9.90 Å². The van der Waals surface area contributed by atoms with Gasteiger partial charge >= 0.3 is 6.09 Å². The molecule has 4 heteroatoms. The molecule has 3 atom stereocenters. The number of amides is 1. The molecule has 0 aromatic heterocycles. The molecule has 4 nitrogen and oxygen atoms in total. The van der Waals surface area contributed by atoms with Crippen molar-refractivity contribution in [3.63, 3.8) is 0 Å². The second-order valence-electron chi connectivity index (χ2n) is 8.01. The van der Waals surface area contributed by atoms with Crippen LogP contribution in [0.25, 0.3) is 0 Å². The monoisotopic (exact) mass is 269 g/mol. The van der Waals surface area contributed by atoms with Crippen LogP contribution in [-0.2, 0) is 4.74 Å². The van der Waals surface area contributed by atoms with Crippen LogP contribution in [0.2, 0.25) is 0 Å². The zero-order valence-electron chi connectivity index (χ0n) is 13.0. The van der Waals surface area contributed by atoms with Crippen molar-refractivity contribution in [1.82, 2.24) is 4.90 Å². The Hall–Kier alpha value is -0.770. The molecule has 0 spiro atoms. The summed E-state index contributed by atoms with van der Waals surface area (Å²) < 4.78 is 5.48. The van der Waals surface area contributed by atoms with Gasteiger partial charge in [-0.3, -0.25) is 4.90 Å². The van der Waals surface area contributed by atoms with E-state index in [1.165, 1.54) is 0 Å². The van der Waals surface area contributed by atoms with E-state index in [0.29, 0.717) is 6.42 Å². The van der Waals surface area contributed by atoms with Crippen LogP contribution in [0.1, 0.15) is 60.8 Å². The fourth-order valence-electron chi connectivity index (χ4n) is 3.44. The van der Waals surface area contributed by atoms with Crippen LogP contribution in [0.5, 0.6) is 0 Å². The number of nitrogens with zero attached hydrogens (tertiary/aromatic N) is 1. The molecule has 2 saturated heterocycles. The molecule has 0 saturated carbocycles. The zero-order valence-corrected chi connectivity index (χ0v) is 13.0. The first kappa shape index (κ1) is 14.6. The normalized spacial score (nSPS) is 34.8. The van der Waals surface area contributed by atoms with E-state index in [1.54, 1.807) is 4.90 Å². The summed E-state index contributed by atoms with van der Waals surface area (Å²) in [6.45, 7) is 11.7. The van der Waals surface area contributed by atoms with E-state index in [0.717, 1.165) is 12.8 Å². The summed E-state index contributed by atoms with van der Waals surface area (Å²) >= 11 is 0. The number of aliphatic hydroxyl groups is 1. The lowest BCUT2D eigenvalue weighted by atomic mass is 9.68. The van der Waals surface area contributed by atoms with E-state index in [4.69, 9.17) is 4.74 Å². The predicted molar refractivity (Wildman–Crippen MR) is 73.9 cm³/mol. The SMILES string of the molecule is CC(C)(C)OC(=O)N1C2CCC1C(O)(C(C)(C)C)C2. The highest BCUT2D eigenvalue weighted by molar-refractivity contribution is 5.70. The van der Waals surface area contributed by atoms with Gasteiger partial charge < -0.3 is 9.84 Å². The maximum atomic E-state index is 12.3. The molecule has 2 fully saturated rings. The molecule has 0 aromatic carbocycles. The highest BCUT2D eigenvalue weighted by Crippen LogP contribution is 2.52. The molecular formula is C15H27NO3. The molecule has 2 aliphatic heterocycles. The van der Waals surface area contributed by atoms with Gasteiger partial charge in [0.25, 0.3) is 0 Å². The Balaban J connectivity index is 2.20. The summed E-state index contributed by atoms with van der Waals surface area (Å²) in [5.74, 6) is 0. The minimum Gasteiger partial charge on any atom is -0.444 e. The maximum Gasteiger partial charge on any atom is 0.410 e. The Morgan fingerprint density at radius 3 is 2.21 bits per heavy atom. The standard InChI is InChI=1S/C15H27NO3/c1-13(2,3)15(18)9-10-7-8-11(15)16(10)12(17)19-14(4,5)6/h10-11,18H,7-9H2,1-6H3. The third kappa shape index (κ3) is 2.35. The molecule has 110 valence electrons. The first-order chi connectivity index (χ1) is 8.46. The van der Waals surface area contributed by atoms with E-state index in [-0.39, 0.29) is 23.6 Å². The lowest BCUT2D eigenvalue weighted by Gasteiger charge is -2.43. The zero-order chi connectivity index (χ0) is 14.6. The lowest BCUT2D eigenvalue weighted by molar-refractivity contribution is -0.0856. The number of rotatable bonds is 0. The second-order valence-corrected chi connectivity index (χ2v) is 8.01. The van der Waals surface area contributed by atoms with E-state index >= 15 is 0 Å². The van der Waals surface area contributed by atoms with Gasteiger partial charge in [0.1, 0.15) is 5.60 Å². The molecule has 0 aromatic rings. The number of ether oxygens (including phenoxy) is 1. The summed E-state index contributed by atoms with van der Waals surface area (Å²) in [6.07, 6.45) is 2.24. The Labute approximate surface area is 116 Å². The molecule has 2 bridgehead atoms. The summed E-state index contributed by atoms with van der Waals surface area (Å²) in [7, 11) is 0. The van der Waals surface area contributed by atoms with Crippen molar-refractivity contribution in [2.75, 3.05) is 0 Å². The molecule has 2 rings (SSSR count). The van der Waals surface area contributed by atoms with Crippen molar-refractivity contribution >= 4 is 6.09 Å². The number of fused-ring (bicyclic) bond motifs is 2. The van der Waals surface area contributed by atoms with Crippen molar-refractivity contribution in [2.24, 2.45) is 5.41 Å². The molecule has 0 aliphatic carbocycles. The van der Waals surface area contributed by atoms with Gasteiger partial charge in [0.15, 0.2) is 0 Å². The first-order valence-corrected chi connectivity index (χ1v) is 7.19. The van der Waals surface area contributed by atoms with Crippen LogP contribution < -0.4 is 0 Å².